The molecule has 0 aliphatic rings. The molecule has 0 bridgehead atoms. The lowest BCUT2D eigenvalue weighted by atomic mass is 10.1. The third kappa shape index (κ3) is 3.67. The van der Waals surface area contributed by atoms with Crippen LogP contribution >= 0.6 is 0 Å². The van der Waals surface area contributed by atoms with Crippen LogP contribution in [0.1, 0.15) is 25.0 Å². The van der Waals surface area contributed by atoms with Gasteiger partial charge in [-0.3, -0.25) is 0 Å². The summed E-state index contributed by atoms with van der Waals surface area (Å²) in [5.41, 5.74) is 10.2. The second-order valence-corrected chi connectivity index (χ2v) is 4.71. The van der Waals surface area contributed by atoms with Crippen molar-refractivity contribution in [2.75, 3.05) is 17.7 Å². The molecule has 0 saturated heterocycles. The lowest BCUT2D eigenvalue weighted by Crippen LogP contribution is -2.02. The second kappa shape index (κ2) is 6.85. The molecule has 106 valence electrons. The van der Waals surface area contributed by atoms with Gasteiger partial charge in [0, 0.05) is 18.3 Å². The summed E-state index contributed by atoms with van der Waals surface area (Å²) in [6.07, 6.45) is 1.07. The first kappa shape index (κ1) is 14.3. The maximum atomic E-state index is 5.86. The van der Waals surface area contributed by atoms with E-state index in [1.54, 1.807) is 0 Å². The molecular formula is C17H22N2O. The van der Waals surface area contributed by atoms with Gasteiger partial charge in [-0.25, -0.2) is 0 Å². The van der Waals surface area contributed by atoms with Crippen LogP contribution in [0.25, 0.3) is 0 Å². The van der Waals surface area contributed by atoms with Gasteiger partial charge in [0.25, 0.3) is 0 Å². The summed E-state index contributed by atoms with van der Waals surface area (Å²) in [4.78, 5) is 0. The van der Waals surface area contributed by atoms with E-state index in [2.05, 4.69) is 36.5 Å². The van der Waals surface area contributed by atoms with Crippen molar-refractivity contribution in [1.29, 1.82) is 0 Å². The van der Waals surface area contributed by atoms with Gasteiger partial charge in [-0.05, 0) is 36.6 Å². The van der Waals surface area contributed by atoms with Crippen molar-refractivity contribution in [3.8, 4) is 5.75 Å². The first-order valence-electron chi connectivity index (χ1n) is 7.07. The van der Waals surface area contributed by atoms with Crippen molar-refractivity contribution in [3.63, 3.8) is 0 Å². The van der Waals surface area contributed by atoms with Gasteiger partial charge in [0.15, 0.2) is 0 Å². The lowest BCUT2D eigenvalue weighted by molar-refractivity contribution is 0.342. The summed E-state index contributed by atoms with van der Waals surface area (Å²) in [7, 11) is 0. The second-order valence-electron chi connectivity index (χ2n) is 4.71. The van der Waals surface area contributed by atoms with Crippen LogP contribution < -0.4 is 15.8 Å². The van der Waals surface area contributed by atoms with Crippen LogP contribution in [0.15, 0.2) is 42.5 Å². The standard InChI is InChI=1S/C17H22N2O/c1-3-13-5-7-14(8-6-13)12-19-15-9-10-16(18)17(11-15)20-4-2/h5-11,19H,3-4,12,18H2,1-2H3. The van der Waals surface area contributed by atoms with E-state index < -0.39 is 0 Å². The van der Waals surface area contributed by atoms with E-state index in [1.807, 2.05) is 25.1 Å². The van der Waals surface area contributed by atoms with Crippen LogP contribution in [-0.4, -0.2) is 6.61 Å². The Morgan fingerprint density at radius 1 is 1.00 bits per heavy atom. The average molecular weight is 270 g/mol. The largest absolute Gasteiger partial charge is 0.492 e. The smallest absolute Gasteiger partial charge is 0.144 e. The monoisotopic (exact) mass is 270 g/mol. The van der Waals surface area contributed by atoms with Gasteiger partial charge in [0.2, 0.25) is 0 Å². The highest BCUT2D eigenvalue weighted by Gasteiger charge is 2.02. The van der Waals surface area contributed by atoms with Crippen LogP contribution in [0, 0.1) is 0 Å². The Morgan fingerprint density at radius 3 is 2.35 bits per heavy atom. The molecule has 2 rings (SSSR count). The number of benzene rings is 2. The van der Waals surface area contributed by atoms with Crippen LogP contribution in [0.2, 0.25) is 0 Å². The SMILES string of the molecule is CCOc1cc(NCc2ccc(CC)cc2)ccc1N. The molecule has 0 fully saturated rings. The number of nitrogens with one attached hydrogen (secondary N) is 1. The molecule has 0 aliphatic carbocycles. The molecule has 0 radical (unpaired) electrons. The van der Waals surface area contributed by atoms with E-state index in [0.717, 1.165) is 24.4 Å². The number of ether oxygens (including phenoxy) is 1. The van der Waals surface area contributed by atoms with Gasteiger partial charge in [-0.2, -0.15) is 0 Å². The topological polar surface area (TPSA) is 47.3 Å². The molecule has 0 spiro atoms. The Hall–Kier alpha value is -2.16. The third-order valence-corrected chi connectivity index (χ3v) is 3.24. The van der Waals surface area contributed by atoms with Crippen molar-refractivity contribution < 1.29 is 4.74 Å². The zero-order chi connectivity index (χ0) is 14.4. The number of rotatable bonds is 6. The van der Waals surface area contributed by atoms with Crippen molar-refractivity contribution >= 4 is 11.4 Å². The van der Waals surface area contributed by atoms with E-state index in [4.69, 9.17) is 10.5 Å². The summed E-state index contributed by atoms with van der Waals surface area (Å²) in [6.45, 7) is 5.53. The van der Waals surface area contributed by atoms with Gasteiger partial charge >= 0.3 is 0 Å². The number of aryl methyl sites for hydroxylation is 1. The average Bonchev–Trinajstić information content (AvgIpc) is 2.49. The number of hydrogen-bond acceptors (Lipinski definition) is 3. The van der Waals surface area contributed by atoms with Crippen molar-refractivity contribution in [2.24, 2.45) is 0 Å². The highest BCUT2D eigenvalue weighted by atomic mass is 16.5. The summed E-state index contributed by atoms with van der Waals surface area (Å²) < 4.78 is 5.49. The molecule has 3 heteroatoms. The molecule has 2 aromatic rings. The fourth-order valence-corrected chi connectivity index (χ4v) is 2.02. The fourth-order valence-electron chi connectivity index (χ4n) is 2.02. The molecule has 0 aromatic heterocycles. The van der Waals surface area contributed by atoms with Crippen LogP contribution in [0.3, 0.4) is 0 Å². The van der Waals surface area contributed by atoms with Gasteiger partial charge in [0.05, 0.1) is 12.3 Å². The van der Waals surface area contributed by atoms with Crippen molar-refractivity contribution in [1.82, 2.24) is 0 Å². The zero-order valence-electron chi connectivity index (χ0n) is 12.1. The molecule has 0 amide bonds. The van der Waals surface area contributed by atoms with Gasteiger partial charge < -0.3 is 15.8 Å². The third-order valence-electron chi connectivity index (χ3n) is 3.24. The molecule has 0 atom stereocenters. The van der Waals surface area contributed by atoms with E-state index >= 15 is 0 Å². The minimum atomic E-state index is 0.617. The zero-order valence-corrected chi connectivity index (χ0v) is 12.1. The van der Waals surface area contributed by atoms with E-state index in [0.29, 0.717) is 12.3 Å². The predicted octanol–water partition coefficient (Wildman–Crippen LogP) is 3.84. The molecule has 0 aliphatic heterocycles. The molecule has 0 unspecified atom stereocenters. The summed E-state index contributed by atoms with van der Waals surface area (Å²) in [5.74, 6) is 0.735. The molecule has 3 N–H and O–H groups in total. The molecule has 0 heterocycles. The normalized spacial score (nSPS) is 10.3. The van der Waals surface area contributed by atoms with Crippen molar-refractivity contribution in [3.05, 3.63) is 53.6 Å². The predicted molar refractivity (Wildman–Crippen MR) is 85.2 cm³/mol. The Bertz CT molecular complexity index is 549. The maximum Gasteiger partial charge on any atom is 0.144 e. The Morgan fingerprint density at radius 2 is 1.70 bits per heavy atom. The van der Waals surface area contributed by atoms with E-state index in [-0.39, 0.29) is 0 Å². The van der Waals surface area contributed by atoms with Crippen LogP contribution in [-0.2, 0) is 13.0 Å². The van der Waals surface area contributed by atoms with Gasteiger partial charge in [-0.15, -0.1) is 0 Å². The molecule has 3 nitrogen and oxygen atoms in total. The summed E-state index contributed by atoms with van der Waals surface area (Å²) in [5, 5.41) is 3.39. The first-order valence-corrected chi connectivity index (χ1v) is 7.07. The van der Waals surface area contributed by atoms with Crippen LogP contribution in [0.5, 0.6) is 5.75 Å². The Balaban J connectivity index is 2.00. The van der Waals surface area contributed by atoms with Crippen molar-refractivity contribution in [2.45, 2.75) is 26.8 Å². The number of nitrogen functional groups attached to an aromatic ring is 1. The fraction of sp³-hybridized carbons (Fsp3) is 0.294. The minimum Gasteiger partial charge on any atom is -0.492 e. The number of hydrogen-bond donors (Lipinski definition) is 2. The van der Waals surface area contributed by atoms with Gasteiger partial charge in [-0.1, -0.05) is 31.2 Å². The first-order chi connectivity index (χ1) is 9.72. The summed E-state index contributed by atoms with van der Waals surface area (Å²) in [6, 6.07) is 14.4. The highest BCUT2D eigenvalue weighted by Crippen LogP contribution is 2.25. The molecule has 2 aromatic carbocycles. The number of anilines is 2. The summed E-state index contributed by atoms with van der Waals surface area (Å²) >= 11 is 0. The lowest BCUT2D eigenvalue weighted by Gasteiger charge is -2.11. The number of nitrogens with two attached hydrogens (primary N) is 1. The van der Waals surface area contributed by atoms with Crippen LogP contribution in [0.4, 0.5) is 11.4 Å². The van der Waals surface area contributed by atoms with E-state index in [1.165, 1.54) is 11.1 Å². The Labute approximate surface area is 120 Å². The Kier molecular flexibility index (Phi) is 4.88. The maximum absolute atomic E-state index is 5.86. The minimum absolute atomic E-state index is 0.617. The quantitative estimate of drug-likeness (QED) is 0.784. The van der Waals surface area contributed by atoms with E-state index in [9.17, 15) is 0 Å². The molecule has 0 saturated carbocycles. The van der Waals surface area contributed by atoms with Gasteiger partial charge in [0.1, 0.15) is 5.75 Å². The highest BCUT2D eigenvalue weighted by molar-refractivity contribution is 5.61. The molecular weight excluding hydrogens is 248 g/mol. The molecule has 20 heavy (non-hydrogen) atoms.